The van der Waals surface area contributed by atoms with Gasteiger partial charge >= 0.3 is 0 Å². The molecule has 1 saturated carbocycles. The van der Waals surface area contributed by atoms with Gasteiger partial charge < -0.3 is 5.32 Å². The molecule has 0 aliphatic heterocycles. The second-order valence-corrected chi connectivity index (χ2v) is 7.00. The van der Waals surface area contributed by atoms with Crippen molar-refractivity contribution in [3.63, 3.8) is 0 Å². The van der Waals surface area contributed by atoms with Gasteiger partial charge in [0.2, 0.25) is 0 Å². The van der Waals surface area contributed by atoms with Gasteiger partial charge in [0.15, 0.2) is 0 Å². The second kappa shape index (κ2) is 5.07. The molecule has 1 unspecified atom stereocenters. The van der Waals surface area contributed by atoms with Gasteiger partial charge in [0, 0.05) is 17.5 Å². The average Bonchev–Trinajstić information content (AvgIpc) is 3.01. The molecule has 1 N–H and O–H groups in total. The van der Waals surface area contributed by atoms with Crippen LogP contribution in [0.15, 0.2) is 12.1 Å². The van der Waals surface area contributed by atoms with E-state index in [4.69, 9.17) is 11.6 Å². The van der Waals surface area contributed by atoms with E-state index in [1.807, 2.05) is 6.07 Å². The SMILES string of the molecule is CCC(C)(CNC1CC1)Cc1ccc(Cl)s1. The van der Waals surface area contributed by atoms with E-state index in [1.54, 1.807) is 11.3 Å². The summed E-state index contributed by atoms with van der Waals surface area (Å²) in [5.74, 6) is 0. The summed E-state index contributed by atoms with van der Waals surface area (Å²) in [5.41, 5.74) is 0.372. The van der Waals surface area contributed by atoms with Crippen LogP contribution in [0, 0.1) is 5.41 Å². The number of rotatable bonds is 6. The molecule has 0 amide bonds. The predicted octanol–water partition coefficient (Wildman–Crippen LogP) is 4.11. The molecule has 0 saturated heterocycles. The second-order valence-electron chi connectivity index (χ2n) is 5.20. The topological polar surface area (TPSA) is 12.0 Å². The molecule has 16 heavy (non-hydrogen) atoms. The standard InChI is InChI=1S/C13H20ClNS/c1-3-13(2,9-15-10-4-5-10)8-11-6-7-12(14)16-11/h6-7,10,15H,3-5,8-9H2,1-2H3. The Kier molecular flexibility index (Phi) is 3.93. The van der Waals surface area contributed by atoms with Gasteiger partial charge in [-0.3, -0.25) is 0 Å². The number of hydrogen-bond donors (Lipinski definition) is 1. The summed E-state index contributed by atoms with van der Waals surface area (Å²) in [5, 5.41) is 3.65. The van der Waals surface area contributed by atoms with Crippen molar-refractivity contribution in [2.24, 2.45) is 5.41 Å². The van der Waals surface area contributed by atoms with Crippen molar-refractivity contribution in [2.75, 3.05) is 6.54 Å². The lowest BCUT2D eigenvalue weighted by Gasteiger charge is -2.28. The van der Waals surface area contributed by atoms with Gasteiger partial charge in [-0.1, -0.05) is 25.4 Å². The fourth-order valence-corrected chi connectivity index (χ4v) is 3.16. The molecule has 0 spiro atoms. The van der Waals surface area contributed by atoms with Crippen molar-refractivity contribution in [1.82, 2.24) is 5.32 Å². The molecule has 0 bridgehead atoms. The molecule has 1 heterocycles. The van der Waals surface area contributed by atoms with Crippen LogP contribution in [-0.2, 0) is 6.42 Å². The van der Waals surface area contributed by atoms with Crippen LogP contribution in [0.2, 0.25) is 4.34 Å². The molecule has 1 atom stereocenters. The Morgan fingerprint density at radius 3 is 2.75 bits per heavy atom. The Morgan fingerprint density at radius 1 is 1.50 bits per heavy atom. The highest BCUT2D eigenvalue weighted by molar-refractivity contribution is 7.16. The maximum absolute atomic E-state index is 5.97. The maximum atomic E-state index is 5.97. The first-order valence-electron chi connectivity index (χ1n) is 6.09. The molecular weight excluding hydrogens is 238 g/mol. The van der Waals surface area contributed by atoms with Crippen LogP contribution < -0.4 is 5.32 Å². The quantitative estimate of drug-likeness (QED) is 0.809. The van der Waals surface area contributed by atoms with Crippen LogP contribution >= 0.6 is 22.9 Å². The molecule has 1 nitrogen and oxygen atoms in total. The highest BCUT2D eigenvalue weighted by Gasteiger charge is 2.27. The van der Waals surface area contributed by atoms with Crippen molar-refractivity contribution < 1.29 is 0 Å². The molecule has 1 fully saturated rings. The molecule has 0 radical (unpaired) electrons. The van der Waals surface area contributed by atoms with Gasteiger partial charge in [-0.05, 0) is 43.2 Å². The first kappa shape index (κ1) is 12.4. The van der Waals surface area contributed by atoms with Crippen LogP contribution in [0.25, 0.3) is 0 Å². The summed E-state index contributed by atoms with van der Waals surface area (Å²) in [4.78, 5) is 1.41. The minimum Gasteiger partial charge on any atom is -0.313 e. The van der Waals surface area contributed by atoms with Gasteiger partial charge in [-0.25, -0.2) is 0 Å². The zero-order chi connectivity index (χ0) is 11.6. The molecule has 1 aliphatic carbocycles. The van der Waals surface area contributed by atoms with Crippen molar-refractivity contribution in [1.29, 1.82) is 0 Å². The fourth-order valence-electron chi connectivity index (χ4n) is 1.86. The summed E-state index contributed by atoms with van der Waals surface area (Å²) in [6, 6.07) is 4.97. The van der Waals surface area contributed by atoms with Gasteiger partial charge in [-0.15, -0.1) is 11.3 Å². The molecule has 3 heteroatoms. The fraction of sp³-hybridized carbons (Fsp3) is 0.692. The number of nitrogens with one attached hydrogen (secondary N) is 1. The van der Waals surface area contributed by atoms with Crippen LogP contribution in [0.1, 0.15) is 38.0 Å². The van der Waals surface area contributed by atoms with E-state index in [1.165, 1.54) is 24.1 Å². The van der Waals surface area contributed by atoms with Gasteiger partial charge in [-0.2, -0.15) is 0 Å². The molecule has 0 aromatic carbocycles. The highest BCUT2D eigenvalue weighted by Crippen LogP contribution is 2.32. The summed E-state index contributed by atoms with van der Waals surface area (Å²) >= 11 is 7.69. The number of thiophene rings is 1. The Hall–Kier alpha value is -0.0500. The molecular formula is C13H20ClNS. The van der Waals surface area contributed by atoms with Crippen molar-refractivity contribution in [3.05, 3.63) is 21.3 Å². The summed E-state index contributed by atoms with van der Waals surface area (Å²) in [6.07, 6.45) is 5.08. The van der Waals surface area contributed by atoms with Gasteiger partial charge in [0.05, 0.1) is 4.34 Å². The van der Waals surface area contributed by atoms with E-state index in [0.29, 0.717) is 5.41 Å². The van der Waals surface area contributed by atoms with E-state index in [-0.39, 0.29) is 0 Å². The maximum Gasteiger partial charge on any atom is 0.0931 e. The lowest BCUT2D eigenvalue weighted by Crippen LogP contribution is -2.34. The van der Waals surface area contributed by atoms with E-state index < -0.39 is 0 Å². The van der Waals surface area contributed by atoms with Crippen molar-refractivity contribution in [2.45, 2.75) is 45.6 Å². The highest BCUT2D eigenvalue weighted by atomic mass is 35.5. The monoisotopic (exact) mass is 257 g/mol. The van der Waals surface area contributed by atoms with Crippen molar-refractivity contribution >= 4 is 22.9 Å². The molecule has 1 aromatic rings. The van der Waals surface area contributed by atoms with Crippen LogP contribution in [-0.4, -0.2) is 12.6 Å². The number of halogens is 1. The predicted molar refractivity (Wildman–Crippen MR) is 72.5 cm³/mol. The molecule has 2 rings (SSSR count). The third-order valence-corrected chi connectivity index (χ3v) is 4.71. The summed E-state index contributed by atoms with van der Waals surface area (Å²) in [6.45, 7) is 5.78. The van der Waals surface area contributed by atoms with Crippen LogP contribution in [0.5, 0.6) is 0 Å². The Labute approximate surface area is 107 Å². The van der Waals surface area contributed by atoms with Crippen molar-refractivity contribution in [3.8, 4) is 0 Å². The lowest BCUT2D eigenvalue weighted by molar-refractivity contribution is 0.291. The zero-order valence-corrected chi connectivity index (χ0v) is 11.6. The molecule has 1 aliphatic rings. The minimum atomic E-state index is 0.372. The van der Waals surface area contributed by atoms with Crippen LogP contribution in [0.3, 0.4) is 0 Å². The minimum absolute atomic E-state index is 0.372. The smallest absolute Gasteiger partial charge is 0.0931 e. The van der Waals surface area contributed by atoms with E-state index in [9.17, 15) is 0 Å². The first-order chi connectivity index (χ1) is 7.61. The van der Waals surface area contributed by atoms with Gasteiger partial charge in [0.1, 0.15) is 0 Å². The van der Waals surface area contributed by atoms with Gasteiger partial charge in [0.25, 0.3) is 0 Å². The Morgan fingerprint density at radius 2 is 2.25 bits per heavy atom. The third-order valence-electron chi connectivity index (χ3n) is 3.48. The van der Waals surface area contributed by atoms with E-state index in [0.717, 1.165) is 23.3 Å². The molecule has 90 valence electrons. The number of hydrogen-bond acceptors (Lipinski definition) is 2. The van der Waals surface area contributed by atoms with Crippen LogP contribution in [0.4, 0.5) is 0 Å². The average molecular weight is 258 g/mol. The lowest BCUT2D eigenvalue weighted by atomic mass is 9.83. The van der Waals surface area contributed by atoms with E-state index >= 15 is 0 Å². The summed E-state index contributed by atoms with van der Waals surface area (Å²) < 4.78 is 0.906. The zero-order valence-electron chi connectivity index (χ0n) is 10.1. The van der Waals surface area contributed by atoms with E-state index in [2.05, 4.69) is 25.2 Å². The Balaban J connectivity index is 1.91. The first-order valence-corrected chi connectivity index (χ1v) is 7.28. The molecule has 1 aromatic heterocycles. The summed E-state index contributed by atoms with van der Waals surface area (Å²) in [7, 11) is 0. The third kappa shape index (κ3) is 3.47. The largest absolute Gasteiger partial charge is 0.313 e. The normalized spacial score (nSPS) is 19.7. The Bertz CT molecular complexity index is 345.